The van der Waals surface area contributed by atoms with Crippen LogP contribution in [0.25, 0.3) is 11.1 Å². The van der Waals surface area contributed by atoms with Crippen LogP contribution in [-0.4, -0.2) is 66.1 Å². The lowest BCUT2D eigenvalue weighted by Crippen LogP contribution is -2.45. The molecule has 0 aromatic carbocycles. The smallest absolute Gasteiger partial charge is 0.294 e. The zero-order valence-corrected chi connectivity index (χ0v) is 20.7. The van der Waals surface area contributed by atoms with E-state index in [4.69, 9.17) is 25.5 Å². The van der Waals surface area contributed by atoms with Crippen molar-refractivity contribution in [1.82, 2.24) is 14.9 Å². The largest absolute Gasteiger partial charge is 0.481 e. The molecule has 0 bridgehead atoms. The first kappa shape index (κ1) is 24.5. The van der Waals surface area contributed by atoms with Gasteiger partial charge in [-0.15, -0.1) is 0 Å². The number of amides is 2. The van der Waals surface area contributed by atoms with E-state index in [-0.39, 0.29) is 23.3 Å². The second kappa shape index (κ2) is 10.8. The van der Waals surface area contributed by atoms with Crippen LogP contribution in [0, 0.1) is 5.92 Å². The fraction of sp³-hybridized carbons (Fsp3) is 0.440. The summed E-state index contributed by atoms with van der Waals surface area (Å²) in [7, 11) is 1.50. The summed E-state index contributed by atoms with van der Waals surface area (Å²) >= 11 is 5.89. The number of morpholine rings is 1. The summed E-state index contributed by atoms with van der Waals surface area (Å²) in [6.45, 7) is 3.41. The molecule has 3 aromatic rings. The topological polar surface area (TPSA) is 119 Å². The molecular weight excluding hydrogens is 486 g/mol. The molecule has 0 unspecified atom stereocenters. The van der Waals surface area contributed by atoms with Gasteiger partial charge in [0.1, 0.15) is 17.0 Å². The molecule has 1 aliphatic heterocycles. The molecule has 3 aromatic heterocycles. The van der Waals surface area contributed by atoms with Gasteiger partial charge in [-0.2, -0.15) is 0 Å². The van der Waals surface area contributed by atoms with Gasteiger partial charge in [0.15, 0.2) is 5.58 Å². The number of carbonyl (C=O) groups excluding carboxylic acids is 2. The van der Waals surface area contributed by atoms with Crippen LogP contribution in [0.3, 0.4) is 0 Å². The Morgan fingerprint density at radius 1 is 1.08 bits per heavy atom. The van der Waals surface area contributed by atoms with Crippen LogP contribution in [0.5, 0.6) is 5.88 Å². The molecule has 4 heterocycles. The molecule has 1 aliphatic carbocycles. The Balaban J connectivity index is 1.34. The lowest BCUT2D eigenvalue weighted by atomic mass is 9.84. The van der Waals surface area contributed by atoms with Crippen molar-refractivity contribution in [3.63, 3.8) is 0 Å². The van der Waals surface area contributed by atoms with E-state index >= 15 is 0 Å². The molecule has 0 spiro atoms. The first-order valence-electron chi connectivity index (χ1n) is 12.0. The third-order valence-corrected chi connectivity index (χ3v) is 6.99. The molecule has 1 saturated heterocycles. The first-order valence-corrected chi connectivity index (χ1v) is 12.4. The maximum Gasteiger partial charge on any atom is 0.294 e. The first-order chi connectivity index (χ1) is 17.5. The number of furan rings is 1. The van der Waals surface area contributed by atoms with Crippen LogP contribution in [0.1, 0.15) is 36.2 Å². The molecule has 10 nitrogen and oxygen atoms in total. The van der Waals surface area contributed by atoms with Gasteiger partial charge >= 0.3 is 0 Å². The van der Waals surface area contributed by atoms with Gasteiger partial charge in [0.05, 0.1) is 25.3 Å². The summed E-state index contributed by atoms with van der Waals surface area (Å²) in [4.78, 5) is 37.4. The Hall–Kier alpha value is -3.21. The lowest BCUT2D eigenvalue weighted by molar-refractivity contribution is -0.121. The summed E-state index contributed by atoms with van der Waals surface area (Å²) in [5.41, 5.74) is 0.922. The van der Waals surface area contributed by atoms with Crippen LogP contribution in [0.4, 0.5) is 11.5 Å². The zero-order chi connectivity index (χ0) is 25.1. The molecule has 2 aliphatic rings. The standard InChI is InChI=1S/C25H28ClN5O5/c1-34-20-9-7-18-21(29-20)22(23(36-18)25(33)28-19-8-4-16(26)14-27-19)30-24(32)15-2-5-17(6-3-15)31-10-12-35-13-11-31/h4,7-9,14-15,17H,2-3,5-6,10-13H2,1H3,(H,30,32)(H,27,28,33)/t15-,17-. The fourth-order valence-corrected chi connectivity index (χ4v) is 4.95. The van der Waals surface area contributed by atoms with Crippen molar-refractivity contribution in [2.75, 3.05) is 44.0 Å². The monoisotopic (exact) mass is 513 g/mol. The normalized spacial score (nSPS) is 20.7. The van der Waals surface area contributed by atoms with E-state index in [2.05, 4.69) is 25.5 Å². The molecule has 2 N–H and O–H groups in total. The van der Waals surface area contributed by atoms with Crippen molar-refractivity contribution < 1.29 is 23.5 Å². The molecular formula is C25H28ClN5O5. The molecule has 190 valence electrons. The SMILES string of the molecule is COc1ccc2oc(C(=O)Nc3ccc(Cl)cn3)c(NC(=O)[C@H]3CC[C@H](N4CCOCC4)CC3)c2n1. The third-order valence-electron chi connectivity index (χ3n) is 6.77. The van der Waals surface area contributed by atoms with E-state index in [1.54, 1.807) is 24.3 Å². The number of fused-ring (bicyclic) bond motifs is 1. The van der Waals surface area contributed by atoms with Crippen molar-refractivity contribution in [2.45, 2.75) is 31.7 Å². The average molecular weight is 514 g/mol. The van der Waals surface area contributed by atoms with E-state index in [0.717, 1.165) is 52.0 Å². The minimum Gasteiger partial charge on any atom is -0.481 e. The molecule has 2 fully saturated rings. The number of carbonyl (C=O) groups is 2. The Labute approximate surface area is 213 Å². The van der Waals surface area contributed by atoms with Gasteiger partial charge in [-0.25, -0.2) is 9.97 Å². The van der Waals surface area contributed by atoms with Crippen molar-refractivity contribution in [1.29, 1.82) is 0 Å². The molecule has 2 amide bonds. The van der Waals surface area contributed by atoms with E-state index in [9.17, 15) is 9.59 Å². The molecule has 0 radical (unpaired) electrons. The highest BCUT2D eigenvalue weighted by Gasteiger charge is 2.32. The van der Waals surface area contributed by atoms with Gasteiger partial charge in [-0.05, 0) is 43.9 Å². The third kappa shape index (κ3) is 5.30. The highest BCUT2D eigenvalue weighted by Crippen LogP contribution is 2.34. The van der Waals surface area contributed by atoms with Crippen LogP contribution in [0.15, 0.2) is 34.9 Å². The van der Waals surface area contributed by atoms with Gasteiger partial charge in [0.2, 0.25) is 17.5 Å². The van der Waals surface area contributed by atoms with E-state index in [1.165, 1.54) is 13.3 Å². The van der Waals surface area contributed by atoms with Crippen molar-refractivity contribution in [3.05, 3.63) is 41.2 Å². The quantitative estimate of drug-likeness (QED) is 0.508. The maximum absolute atomic E-state index is 13.3. The number of hydrogen-bond donors (Lipinski definition) is 2. The number of halogens is 1. The highest BCUT2D eigenvalue weighted by atomic mass is 35.5. The average Bonchev–Trinajstić information content (AvgIpc) is 3.28. The van der Waals surface area contributed by atoms with E-state index in [0.29, 0.717) is 33.9 Å². The Morgan fingerprint density at radius 3 is 2.56 bits per heavy atom. The summed E-state index contributed by atoms with van der Waals surface area (Å²) in [6.07, 6.45) is 4.88. The van der Waals surface area contributed by atoms with E-state index in [1.807, 2.05) is 0 Å². The Morgan fingerprint density at radius 2 is 1.86 bits per heavy atom. The lowest BCUT2D eigenvalue weighted by Gasteiger charge is -2.38. The van der Waals surface area contributed by atoms with Crippen molar-refractivity contribution in [2.24, 2.45) is 5.92 Å². The molecule has 1 saturated carbocycles. The summed E-state index contributed by atoms with van der Waals surface area (Å²) in [5, 5.41) is 6.07. The van der Waals surface area contributed by atoms with Crippen molar-refractivity contribution >= 4 is 46.0 Å². The van der Waals surface area contributed by atoms with Gasteiger partial charge in [-0.1, -0.05) is 11.6 Å². The number of hydrogen-bond acceptors (Lipinski definition) is 8. The maximum atomic E-state index is 13.3. The van der Waals surface area contributed by atoms with Gasteiger partial charge in [-0.3, -0.25) is 14.5 Å². The highest BCUT2D eigenvalue weighted by molar-refractivity contribution is 6.30. The predicted molar refractivity (Wildman–Crippen MR) is 135 cm³/mol. The van der Waals surface area contributed by atoms with Crippen LogP contribution >= 0.6 is 11.6 Å². The van der Waals surface area contributed by atoms with Gasteiger partial charge < -0.3 is 24.5 Å². The molecule has 11 heteroatoms. The van der Waals surface area contributed by atoms with Crippen LogP contribution in [-0.2, 0) is 9.53 Å². The fourth-order valence-electron chi connectivity index (χ4n) is 4.84. The number of nitrogens with one attached hydrogen (secondary N) is 2. The second-order valence-corrected chi connectivity index (χ2v) is 9.40. The Kier molecular flexibility index (Phi) is 7.35. The van der Waals surface area contributed by atoms with Crippen LogP contribution in [0.2, 0.25) is 5.02 Å². The summed E-state index contributed by atoms with van der Waals surface area (Å²) in [5.74, 6) is -0.288. The minimum absolute atomic E-state index is 0.0575. The number of ether oxygens (including phenoxy) is 2. The molecule has 36 heavy (non-hydrogen) atoms. The van der Waals surface area contributed by atoms with Crippen LogP contribution < -0.4 is 15.4 Å². The zero-order valence-electron chi connectivity index (χ0n) is 20.0. The number of aromatic nitrogens is 2. The van der Waals surface area contributed by atoms with E-state index < -0.39 is 5.91 Å². The molecule has 0 atom stereocenters. The number of nitrogens with zero attached hydrogens (tertiary/aromatic N) is 3. The summed E-state index contributed by atoms with van der Waals surface area (Å²) in [6, 6.07) is 6.96. The number of methoxy groups -OCH3 is 1. The van der Waals surface area contributed by atoms with Gasteiger partial charge in [0.25, 0.3) is 5.91 Å². The minimum atomic E-state index is -0.562. The number of pyridine rings is 2. The van der Waals surface area contributed by atoms with Gasteiger partial charge in [0, 0.05) is 37.3 Å². The molecule has 5 rings (SSSR count). The Bertz CT molecular complexity index is 1230. The number of rotatable bonds is 6. The predicted octanol–water partition coefficient (Wildman–Crippen LogP) is 3.97. The number of anilines is 2. The van der Waals surface area contributed by atoms with Crippen molar-refractivity contribution in [3.8, 4) is 5.88 Å². The second-order valence-electron chi connectivity index (χ2n) is 8.97. The summed E-state index contributed by atoms with van der Waals surface area (Å²) < 4.78 is 16.5.